The van der Waals surface area contributed by atoms with Gasteiger partial charge >= 0.3 is 6.09 Å². The second kappa shape index (κ2) is 12.5. The van der Waals surface area contributed by atoms with Crippen LogP contribution in [-0.4, -0.2) is 58.4 Å². The second-order valence-electron chi connectivity index (χ2n) is 6.16. The fraction of sp³-hybridized carbons (Fsp3) is 0.526. The van der Waals surface area contributed by atoms with Crippen molar-refractivity contribution in [3.05, 3.63) is 24.0 Å². The van der Waals surface area contributed by atoms with Gasteiger partial charge in [0, 0.05) is 12.7 Å². The number of unbranched alkanes of at least 4 members (excludes halogenated alkanes) is 1. The van der Waals surface area contributed by atoms with Crippen LogP contribution in [0.25, 0.3) is 0 Å². The second-order valence-corrected chi connectivity index (χ2v) is 6.16. The standard InChI is InChI=1S/C15H18FN3O5.C4H10/c1-18(8-12(24-10-21)7-17-9-20)11-2-3-14(13(16)6-11)19-4-5-23-15(19)22;1-3-4-2/h2-3,6,9-10,12H,4-5,7-8H2,1H3,(H,17,20);3-4H2,1-2H3. The van der Waals surface area contributed by atoms with Crippen LogP contribution >= 0.6 is 0 Å². The number of anilines is 2. The van der Waals surface area contributed by atoms with Gasteiger partial charge in [-0.25, -0.2) is 9.18 Å². The van der Waals surface area contributed by atoms with E-state index in [-0.39, 0.29) is 25.4 Å². The summed E-state index contributed by atoms with van der Waals surface area (Å²) in [5.41, 5.74) is 0.687. The molecule has 1 N–H and O–H groups in total. The van der Waals surface area contributed by atoms with Gasteiger partial charge < -0.3 is 19.7 Å². The Balaban J connectivity index is 0.000000892. The zero-order valence-electron chi connectivity index (χ0n) is 16.5. The highest BCUT2D eigenvalue weighted by Gasteiger charge is 2.26. The summed E-state index contributed by atoms with van der Waals surface area (Å²) in [6.45, 7) is 5.59. The Labute approximate surface area is 164 Å². The summed E-state index contributed by atoms with van der Waals surface area (Å²) in [6.07, 6.45) is 1.99. The van der Waals surface area contributed by atoms with E-state index in [0.29, 0.717) is 25.1 Å². The quantitative estimate of drug-likeness (QED) is 0.610. The summed E-state index contributed by atoms with van der Waals surface area (Å²) in [4.78, 5) is 35.3. The summed E-state index contributed by atoms with van der Waals surface area (Å²) >= 11 is 0. The molecule has 1 saturated heterocycles. The van der Waals surface area contributed by atoms with E-state index >= 15 is 0 Å². The summed E-state index contributed by atoms with van der Waals surface area (Å²) in [5, 5.41) is 2.43. The van der Waals surface area contributed by atoms with E-state index in [4.69, 9.17) is 9.47 Å². The number of carbonyl (C=O) groups is 3. The first-order chi connectivity index (χ1) is 13.5. The van der Waals surface area contributed by atoms with E-state index in [9.17, 15) is 18.8 Å². The Hall–Kier alpha value is -2.84. The number of rotatable bonds is 10. The Bertz CT molecular complexity index is 642. The normalized spacial score (nSPS) is 13.7. The van der Waals surface area contributed by atoms with Gasteiger partial charge in [-0.05, 0) is 18.2 Å². The number of carbonyl (C=O) groups excluding carboxylic acids is 3. The first-order valence-corrected chi connectivity index (χ1v) is 9.19. The highest BCUT2D eigenvalue weighted by molar-refractivity contribution is 5.89. The van der Waals surface area contributed by atoms with Crippen molar-refractivity contribution >= 4 is 30.4 Å². The number of hydrogen-bond donors (Lipinski definition) is 1. The molecule has 156 valence electrons. The van der Waals surface area contributed by atoms with Gasteiger partial charge in [0.2, 0.25) is 6.41 Å². The minimum absolute atomic E-state index is 0.146. The molecule has 2 amide bonds. The lowest BCUT2D eigenvalue weighted by Gasteiger charge is -2.25. The van der Waals surface area contributed by atoms with Crippen molar-refractivity contribution in [1.82, 2.24) is 5.32 Å². The van der Waals surface area contributed by atoms with Crippen LogP contribution in [0.5, 0.6) is 0 Å². The van der Waals surface area contributed by atoms with Crippen molar-refractivity contribution in [1.29, 1.82) is 0 Å². The molecule has 1 aliphatic rings. The van der Waals surface area contributed by atoms with Crippen LogP contribution in [0.1, 0.15) is 26.7 Å². The van der Waals surface area contributed by atoms with Gasteiger partial charge in [0.25, 0.3) is 6.47 Å². The number of benzene rings is 1. The average molecular weight is 397 g/mol. The number of nitrogens with zero attached hydrogens (tertiary/aromatic N) is 2. The molecule has 1 aromatic carbocycles. The number of likely N-dealkylation sites (N-methyl/N-ethyl adjacent to an activating group) is 1. The maximum absolute atomic E-state index is 14.3. The van der Waals surface area contributed by atoms with Crippen LogP contribution < -0.4 is 15.1 Å². The van der Waals surface area contributed by atoms with Crippen molar-refractivity contribution < 1.29 is 28.2 Å². The molecule has 8 nitrogen and oxygen atoms in total. The third-order valence-electron chi connectivity index (χ3n) is 4.08. The van der Waals surface area contributed by atoms with Crippen molar-refractivity contribution in [3.63, 3.8) is 0 Å². The lowest BCUT2D eigenvalue weighted by molar-refractivity contribution is -0.133. The van der Waals surface area contributed by atoms with Crippen molar-refractivity contribution in [2.45, 2.75) is 32.8 Å². The Morgan fingerprint density at radius 2 is 2.07 bits per heavy atom. The molecule has 1 fully saturated rings. The van der Waals surface area contributed by atoms with E-state index in [0.717, 1.165) is 0 Å². The molecule has 1 aromatic rings. The molecule has 0 aliphatic carbocycles. The van der Waals surface area contributed by atoms with Crippen LogP contribution in [-0.2, 0) is 19.1 Å². The summed E-state index contributed by atoms with van der Waals surface area (Å²) in [5.74, 6) is -0.558. The molecule has 0 radical (unpaired) electrons. The predicted molar refractivity (Wildman–Crippen MR) is 104 cm³/mol. The molecule has 1 heterocycles. The van der Waals surface area contributed by atoms with Gasteiger partial charge in [-0.15, -0.1) is 0 Å². The Kier molecular flexibility index (Phi) is 10.4. The molecule has 0 aromatic heterocycles. The lowest BCUT2D eigenvalue weighted by atomic mass is 10.2. The fourth-order valence-corrected chi connectivity index (χ4v) is 2.39. The molecule has 0 spiro atoms. The summed E-state index contributed by atoms with van der Waals surface area (Å²) in [7, 11) is 1.70. The van der Waals surface area contributed by atoms with Crippen LogP contribution in [0.4, 0.5) is 20.6 Å². The average Bonchev–Trinajstić information content (AvgIpc) is 3.12. The third kappa shape index (κ3) is 7.05. The van der Waals surface area contributed by atoms with Gasteiger partial charge in [-0.2, -0.15) is 0 Å². The largest absolute Gasteiger partial charge is 0.461 e. The van der Waals surface area contributed by atoms with Crippen LogP contribution in [0, 0.1) is 5.82 Å². The molecule has 1 aliphatic heterocycles. The number of nitrogens with one attached hydrogen (secondary N) is 1. The van der Waals surface area contributed by atoms with E-state index in [1.165, 1.54) is 29.9 Å². The Morgan fingerprint density at radius 1 is 1.36 bits per heavy atom. The molecule has 0 bridgehead atoms. The van der Waals surface area contributed by atoms with Crippen LogP contribution in [0.15, 0.2) is 18.2 Å². The van der Waals surface area contributed by atoms with E-state index < -0.39 is 18.0 Å². The lowest BCUT2D eigenvalue weighted by Crippen LogP contribution is -2.38. The SMILES string of the molecule is CCCC.CN(CC(CNC=O)OC=O)c1ccc(N2CCOC2=O)c(F)c1. The third-order valence-corrected chi connectivity index (χ3v) is 4.08. The molecule has 28 heavy (non-hydrogen) atoms. The van der Waals surface area contributed by atoms with E-state index in [1.807, 2.05) is 0 Å². The smallest absolute Gasteiger partial charge is 0.414 e. The van der Waals surface area contributed by atoms with Crippen molar-refractivity contribution in [3.8, 4) is 0 Å². The molecular weight excluding hydrogens is 369 g/mol. The van der Waals surface area contributed by atoms with Gasteiger partial charge in [0.15, 0.2) is 0 Å². The van der Waals surface area contributed by atoms with Crippen LogP contribution in [0.2, 0.25) is 0 Å². The number of halogens is 1. The number of hydrogen-bond acceptors (Lipinski definition) is 6. The zero-order valence-corrected chi connectivity index (χ0v) is 16.5. The molecule has 1 atom stereocenters. The molecule has 1 unspecified atom stereocenters. The maximum Gasteiger partial charge on any atom is 0.414 e. The van der Waals surface area contributed by atoms with E-state index in [2.05, 4.69) is 19.2 Å². The first kappa shape index (κ1) is 23.2. The zero-order chi connectivity index (χ0) is 20.9. The highest BCUT2D eigenvalue weighted by Crippen LogP contribution is 2.26. The van der Waals surface area contributed by atoms with Crippen LogP contribution in [0.3, 0.4) is 0 Å². The molecular formula is C19H28FN3O5. The number of cyclic esters (lactones) is 1. The minimum atomic E-state index is -0.575. The van der Waals surface area contributed by atoms with E-state index in [1.54, 1.807) is 18.0 Å². The Morgan fingerprint density at radius 3 is 2.57 bits per heavy atom. The van der Waals surface area contributed by atoms with Gasteiger partial charge in [-0.3, -0.25) is 14.5 Å². The minimum Gasteiger partial charge on any atom is -0.461 e. The first-order valence-electron chi connectivity index (χ1n) is 9.19. The predicted octanol–water partition coefficient (Wildman–Crippen LogP) is 2.31. The van der Waals surface area contributed by atoms with Crippen molar-refractivity contribution in [2.75, 3.05) is 43.1 Å². The maximum atomic E-state index is 14.3. The molecule has 2 rings (SSSR count). The fourth-order valence-electron chi connectivity index (χ4n) is 2.39. The van der Waals surface area contributed by atoms with Crippen molar-refractivity contribution in [2.24, 2.45) is 0 Å². The van der Waals surface area contributed by atoms with Gasteiger partial charge in [0.1, 0.15) is 18.5 Å². The topological polar surface area (TPSA) is 88.2 Å². The molecule has 0 saturated carbocycles. The summed E-state index contributed by atoms with van der Waals surface area (Å²) in [6, 6.07) is 4.42. The molecule has 9 heteroatoms. The number of amides is 2. The van der Waals surface area contributed by atoms with Gasteiger partial charge in [0.05, 0.1) is 25.3 Å². The summed E-state index contributed by atoms with van der Waals surface area (Å²) < 4.78 is 24.0. The highest BCUT2D eigenvalue weighted by atomic mass is 19.1. The number of ether oxygens (including phenoxy) is 2. The van der Waals surface area contributed by atoms with Gasteiger partial charge in [-0.1, -0.05) is 26.7 Å². The monoisotopic (exact) mass is 397 g/mol.